The minimum absolute atomic E-state index is 0.289. The summed E-state index contributed by atoms with van der Waals surface area (Å²) in [7, 11) is -9.93. The van der Waals surface area contributed by atoms with Crippen LogP contribution >= 0.6 is 15.0 Å². The van der Waals surface area contributed by atoms with E-state index >= 15 is 0 Å². The van der Waals surface area contributed by atoms with Gasteiger partial charge in [0.25, 0.3) is 0 Å². The molecule has 2 unspecified atom stereocenters. The fourth-order valence-corrected chi connectivity index (χ4v) is 19.4. The van der Waals surface area contributed by atoms with Crippen molar-refractivity contribution in [2.45, 2.75) is 226 Å². The summed E-state index contributed by atoms with van der Waals surface area (Å²) >= 11 is 0. The predicted octanol–water partition coefficient (Wildman–Crippen LogP) is 14.5. The molecule has 4 heterocycles. The second kappa shape index (κ2) is 24.6. The zero-order valence-electron chi connectivity index (χ0n) is 47.5. The van der Waals surface area contributed by atoms with Gasteiger partial charge in [-0.2, -0.15) is 0 Å². The molecule has 18 heteroatoms. The Morgan fingerprint density at radius 3 is 0.896 bits per heavy atom. The van der Waals surface area contributed by atoms with Crippen LogP contribution in [0.15, 0.2) is 72.8 Å². The molecule has 16 nitrogen and oxygen atoms in total. The van der Waals surface area contributed by atoms with Gasteiger partial charge in [0, 0.05) is 0 Å². The van der Waals surface area contributed by atoms with Gasteiger partial charge in [0.05, 0.1) is 0 Å². The summed E-state index contributed by atoms with van der Waals surface area (Å²) < 4.78 is 63.0. The molecular weight excluding hydrogens is 1020 g/mol. The SMILES string of the molecule is CCCCCCCCCCCNC(c1ccc(OCc2ccc(COc3ccc(C(NCCCCCCCCCC)P45(OC(=O)C(C)(C)O4)OC(=O)C(C)(C)O5)cc3)cc2)cc1)P12(OC(=O)C(C)(C)O1)OC(=O)C(C)(C)O2. The normalized spacial score (nSPS) is 22.5. The Morgan fingerprint density at radius 2 is 0.649 bits per heavy atom. The first kappa shape index (κ1) is 60.4. The molecule has 2 atom stereocenters. The maximum atomic E-state index is 13.4. The van der Waals surface area contributed by atoms with E-state index in [9.17, 15) is 19.2 Å². The molecule has 428 valence electrons. The number of carbonyl (C=O) groups is 4. The molecule has 4 saturated heterocycles. The van der Waals surface area contributed by atoms with E-state index in [0.29, 0.717) is 35.7 Å². The quantitative estimate of drug-likeness (QED) is 0.0457. The van der Waals surface area contributed by atoms with Gasteiger partial charge in [-0.1, -0.05) is 6.92 Å². The van der Waals surface area contributed by atoms with E-state index in [2.05, 4.69) is 24.5 Å². The average molecular weight is 1110 g/mol. The molecule has 0 radical (unpaired) electrons. The molecule has 0 aliphatic carbocycles. The number of ether oxygens (including phenoxy) is 2. The number of hydrogen-bond acceptors (Lipinski definition) is 16. The van der Waals surface area contributed by atoms with Crippen LogP contribution in [-0.4, -0.2) is 59.4 Å². The molecule has 0 aromatic heterocycles. The molecule has 7 rings (SSSR count). The second-order valence-corrected chi connectivity index (χ2v) is 29.2. The third-order valence-corrected chi connectivity index (χ3v) is 22.4. The fraction of sp³-hybridized carbons (Fsp3) is 0.627. The zero-order chi connectivity index (χ0) is 55.6. The van der Waals surface area contributed by atoms with Crippen LogP contribution in [0.2, 0.25) is 0 Å². The number of nitrogens with one attached hydrogen (secondary N) is 2. The number of carbonyl (C=O) groups excluding carboxylic acids is 4. The first-order valence-corrected chi connectivity index (χ1v) is 32.3. The number of rotatable bonds is 31. The van der Waals surface area contributed by atoms with E-state index in [-0.39, 0.29) is 13.2 Å². The number of unbranched alkanes of at least 4 members (excludes halogenated alkanes) is 15. The van der Waals surface area contributed by atoms with Gasteiger partial charge in [0.1, 0.15) is 0 Å². The van der Waals surface area contributed by atoms with Gasteiger partial charge in [-0.05, 0) is 0 Å². The Bertz CT molecular complexity index is 2430. The van der Waals surface area contributed by atoms with Crippen molar-refractivity contribution in [1.29, 1.82) is 0 Å². The van der Waals surface area contributed by atoms with Gasteiger partial charge in [0.15, 0.2) is 0 Å². The van der Waals surface area contributed by atoms with Crippen LogP contribution < -0.4 is 20.1 Å². The van der Waals surface area contributed by atoms with E-state index in [4.69, 9.17) is 45.7 Å². The monoisotopic (exact) mass is 1110 g/mol. The van der Waals surface area contributed by atoms with Crippen LogP contribution in [0.3, 0.4) is 0 Å². The minimum atomic E-state index is -4.97. The van der Waals surface area contributed by atoms with Gasteiger partial charge < -0.3 is 0 Å². The van der Waals surface area contributed by atoms with Crippen molar-refractivity contribution in [1.82, 2.24) is 10.6 Å². The molecule has 0 saturated carbocycles. The Morgan fingerprint density at radius 1 is 0.390 bits per heavy atom. The van der Waals surface area contributed by atoms with E-state index < -0.39 is 72.9 Å². The van der Waals surface area contributed by atoms with Crippen LogP contribution in [-0.2, 0) is 68.6 Å². The van der Waals surface area contributed by atoms with E-state index in [1.807, 2.05) is 72.8 Å². The van der Waals surface area contributed by atoms with Crippen molar-refractivity contribution in [2.75, 3.05) is 13.1 Å². The van der Waals surface area contributed by atoms with Crippen molar-refractivity contribution < 1.29 is 64.8 Å². The van der Waals surface area contributed by atoms with Crippen LogP contribution in [0.4, 0.5) is 0 Å². The fourth-order valence-electron chi connectivity index (χ4n) is 10.2. The second-order valence-electron chi connectivity index (χ2n) is 23.2. The standard InChI is InChI=1S/C59H88N2O14P2/c1-11-13-15-17-19-21-23-25-27-41-61-51(77(70-54(64)58(7,8)74-77)71-55(65)59(9,10)75-77)47-34-38-49(39-35-47)67-43-45-30-28-44(29-31-45)42-66-48-36-32-46(33-37-48)50(60-40-26-24-22-20-18-16-14-12-2)76(68-52(62)56(3,4)72-76)69-53(63)57(5,6)73-76/h28-39,50-51,60-61H,11-27,40-43H2,1-10H3. The molecule has 3 aromatic carbocycles. The first-order valence-electron chi connectivity index (χ1n) is 28.4. The van der Waals surface area contributed by atoms with Crippen LogP contribution in [0.1, 0.15) is 212 Å². The Labute approximate surface area is 457 Å². The van der Waals surface area contributed by atoms with Gasteiger partial charge in [0.2, 0.25) is 0 Å². The first-order chi connectivity index (χ1) is 36.5. The summed E-state index contributed by atoms with van der Waals surface area (Å²) in [5.41, 5.74) is -2.48. The molecule has 0 amide bonds. The molecule has 0 bridgehead atoms. The Balaban J connectivity index is 0.981. The summed E-state index contributed by atoms with van der Waals surface area (Å²) in [6.07, 6.45) is 19.6. The Kier molecular flexibility index (Phi) is 19.3. The average Bonchev–Trinajstić information content (AvgIpc) is 4.14. The summed E-state index contributed by atoms with van der Waals surface area (Å²) in [4.78, 5) is 53.6. The molecule has 4 fully saturated rings. The summed E-state index contributed by atoms with van der Waals surface area (Å²) in [5, 5.41) is 7.10. The van der Waals surface area contributed by atoms with E-state index in [1.54, 1.807) is 55.4 Å². The van der Waals surface area contributed by atoms with Gasteiger partial charge in [-0.15, -0.1) is 0 Å². The summed E-state index contributed by atoms with van der Waals surface area (Å²) in [5.74, 6) is -3.26. The number of hydrogen-bond donors (Lipinski definition) is 2. The van der Waals surface area contributed by atoms with Crippen molar-refractivity contribution in [3.05, 3.63) is 95.1 Å². The molecule has 77 heavy (non-hydrogen) atoms. The number of benzene rings is 3. The summed E-state index contributed by atoms with van der Waals surface area (Å²) in [6.45, 7) is 18.9. The van der Waals surface area contributed by atoms with Gasteiger partial charge >= 0.3 is 453 Å². The zero-order valence-corrected chi connectivity index (χ0v) is 49.3. The predicted molar refractivity (Wildman–Crippen MR) is 298 cm³/mol. The van der Waals surface area contributed by atoms with Crippen molar-refractivity contribution in [3.8, 4) is 11.5 Å². The Hall–Kier alpha value is -4.24. The maximum absolute atomic E-state index is 13.4. The molecule has 4 aliphatic heterocycles. The third-order valence-electron chi connectivity index (χ3n) is 14.6. The molecule has 3 aromatic rings. The third kappa shape index (κ3) is 13.9. The molecule has 2 spiro atoms. The van der Waals surface area contributed by atoms with Gasteiger partial charge in [-0.3, -0.25) is 0 Å². The van der Waals surface area contributed by atoms with Crippen LogP contribution in [0, 0.1) is 0 Å². The van der Waals surface area contributed by atoms with E-state index in [0.717, 1.165) is 49.7 Å². The van der Waals surface area contributed by atoms with Crippen molar-refractivity contribution in [2.24, 2.45) is 0 Å². The topological polar surface area (TPSA) is 185 Å². The molecule has 4 aliphatic rings. The van der Waals surface area contributed by atoms with Crippen molar-refractivity contribution in [3.63, 3.8) is 0 Å². The van der Waals surface area contributed by atoms with E-state index in [1.165, 1.54) is 70.6 Å². The van der Waals surface area contributed by atoms with Crippen LogP contribution in [0.5, 0.6) is 11.5 Å². The van der Waals surface area contributed by atoms with Gasteiger partial charge in [-0.25, -0.2) is 0 Å². The van der Waals surface area contributed by atoms with Crippen molar-refractivity contribution >= 4 is 38.9 Å². The molecule has 2 N–H and O–H groups in total. The summed E-state index contributed by atoms with van der Waals surface area (Å²) in [6, 6.07) is 22.7. The van der Waals surface area contributed by atoms with Crippen LogP contribution in [0.25, 0.3) is 0 Å². The molecular formula is C59H88N2O14P2.